The summed E-state index contributed by atoms with van der Waals surface area (Å²) in [6.45, 7) is 2.20. The van der Waals surface area contributed by atoms with Crippen molar-refractivity contribution in [1.82, 2.24) is 20.2 Å². The van der Waals surface area contributed by atoms with Crippen molar-refractivity contribution in [2.24, 2.45) is 0 Å². The first-order valence-corrected chi connectivity index (χ1v) is 17.0. The summed E-state index contributed by atoms with van der Waals surface area (Å²) >= 11 is 0. The van der Waals surface area contributed by atoms with Gasteiger partial charge in [-0.25, -0.2) is 13.2 Å². The fourth-order valence-corrected chi connectivity index (χ4v) is 9.41. The summed E-state index contributed by atoms with van der Waals surface area (Å²) in [6.07, 6.45) is 5.20. The number of aromatic nitrogens is 2. The smallest absolute Gasteiger partial charge is 0.319 e. The van der Waals surface area contributed by atoms with Crippen LogP contribution < -0.4 is 19.7 Å². The number of hydrogen-bond donors (Lipinski definition) is 2. The van der Waals surface area contributed by atoms with Gasteiger partial charge in [0.15, 0.2) is 17.4 Å². The molecule has 5 aliphatic heterocycles. The Morgan fingerprint density at radius 3 is 2.83 bits per heavy atom. The lowest BCUT2D eigenvalue weighted by molar-refractivity contribution is 0.107. The average Bonchev–Trinajstić information content (AvgIpc) is 3.67. The van der Waals surface area contributed by atoms with Gasteiger partial charge in [-0.1, -0.05) is 18.2 Å². The monoisotopic (exact) mass is 643 g/mol. The summed E-state index contributed by atoms with van der Waals surface area (Å²) in [5.41, 5.74) is 0.471. The molecule has 0 spiro atoms. The highest BCUT2D eigenvalue weighted by Gasteiger charge is 2.50. The minimum atomic E-state index is -0.918. The zero-order chi connectivity index (χ0) is 31.6. The number of halogens is 3. The molecule has 8 nitrogen and oxygen atoms in total. The number of phenolic OH excluding ortho intramolecular Hbond substituents is 1. The van der Waals surface area contributed by atoms with Gasteiger partial charge in [0.25, 0.3) is 0 Å². The van der Waals surface area contributed by atoms with Gasteiger partial charge in [0, 0.05) is 31.6 Å². The predicted octanol–water partition coefficient (Wildman–Crippen LogP) is 5.97. The number of anilines is 1. The molecule has 0 radical (unpaired) electrons. The third-order valence-electron chi connectivity index (χ3n) is 11.7. The molecule has 3 aromatic carbocycles. The molecule has 1 aromatic heterocycles. The lowest BCUT2D eigenvalue weighted by Gasteiger charge is -2.40. The number of rotatable bonds is 5. The molecule has 244 valence electrons. The summed E-state index contributed by atoms with van der Waals surface area (Å²) in [7, 11) is 0. The van der Waals surface area contributed by atoms with Crippen molar-refractivity contribution in [3.05, 3.63) is 47.5 Å². The van der Waals surface area contributed by atoms with Crippen LogP contribution in [0.4, 0.5) is 19.0 Å². The molecule has 6 heterocycles. The summed E-state index contributed by atoms with van der Waals surface area (Å²) in [5, 5.41) is 16.1. The Bertz CT molecular complexity index is 1970. The molecular weight excluding hydrogens is 607 g/mol. The number of benzene rings is 3. The lowest BCUT2D eigenvalue weighted by atomic mass is 9.91. The van der Waals surface area contributed by atoms with E-state index < -0.39 is 23.3 Å². The van der Waals surface area contributed by atoms with Gasteiger partial charge in [-0.15, -0.1) is 0 Å². The summed E-state index contributed by atoms with van der Waals surface area (Å²) in [6, 6.07) is 9.05. The van der Waals surface area contributed by atoms with E-state index in [0.29, 0.717) is 36.6 Å². The van der Waals surface area contributed by atoms with E-state index >= 15 is 8.78 Å². The van der Waals surface area contributed by atoms with Gasteiger partial charge < -0.3 is 24.8 Å². The number of nitrogens with one attached hydrogen (secondary N) is 1. The number of aromatic hydroxyl groups is 1. The van der Waals surface area contributed by atoms with E-state index in [1.54, 1.807) is 6.07 Å². The Hall–Kier alpha value is -3.83. The third kappa shape index (κ3) is 4.21. The molecule has 5 atom stereocenters. The quantitative estimate of drug-likeness (QED) is 0.276. The number of hydrogen-bond acceptors (Lipinski definition) is 8. The van der Waals surface area contributed by atoms with Crippen molar-refractivity contribution in [3.63, 3.8) is 0 Å². The highest BCUT2D eigenvalue weighted by molar-refractivity contribution is 6.05. The Kier molecular flexibility index (Phi) is 6.05. The van der Waals surface area contributed by atoms with E-state index in [-0.39, 0.29) is 70.9 Å². The molecule has 2 bridgehead atoms. The largest absolute Gasteiger partial charge is 0.508 e. The summed E-state index contributed by atoms with van der Waals surface area (Å²) in [4.78, 5) is 13.8. The molecule has 0 amide bonds. The summed E-state index contributed by atoms with van der Waals surface area (Å²) < 4.78 is 61.5. The van der Waals surface area contributed by atoms with Crippen molar-refractivity contribution >= 4 is 27.5 Å². The van der Waals surface area contributed by atoms with Gasteiger partial charge >= 0.3 is 6.01 Å². The zero-order valence-electron chi connectivity index (χ0n) is 25.9. The van der Waals surface area contributed by atoms with Crippen LogP contribution in [0.15, 0.2) is 30.3 Å². The molecule has 1 saturated carbocycles. The Labute approximate surface area is 269 Å². The minimum absolute atomic E-state index is 0.00981. The topological polar surface area (TPSA) is 83.0 Å². The molecule has 11 heteroatoms. The van der Waals surface area contributed by atoms with Gasteiger partial charge in [0.05, 0.1) is 22.5 Å². The molecule has 3 unspecified atom stereocenters. The van der Waals surface area contributed by atoms with Crippen LogP contribution in [0, 0.1) is 11.6 Å². The first-order chi connectivity index (χ1) is 22.9. The number of alkyl halides is 1. The van der Waals surface area contributed by atoms with Crippen LogP contribution in [-0.4, -0.2) is 82.7 Å². The normalized spacial score (nSPS) is 29.6. The molecule has 5 fully saturated rings. The fraction of sp³-hybridized carbons (Fsp3) is 0.500. The molecule has 6 aliphatic rings. The van der Waals surface area contributed by atoms with E-state index in [4.69, 9.17) is 14.5 Å². The first kappa shape index (κ1) is 28.2. The number of nitrogens with zero attached hydrogens (tertiary/aromatic N) is 4. The highest BCUT2D eigenvalue weighted by Crippen LogP contribution is 2.51. The van der Waals surface area contributed by atoms with Crippen molar-refractivity contribution in [2.45, 2.75) is 80.7 Å². The molecular formula is C36H36F3N5O3. The van der Waals surface area contributed by atoms with Crippen molar-refractivity contribution in [2.75, 3.05) is 37.7 Å². The van der Waals surface area contributed by atoms with E-state index in [1.165, 1.54) is 6.07 Å². The van der Waals surface area contributed by atoms with Gasteiger partial charge in [-0.2, -0.15) is 9.97 Å². The Balaban J connectivity index is 1.19. The molecule has 4 aromatic rings. The number of phenols is 1. The van der Waals surface area contributed by atoms with Crippen LogP contribution in [0.2, 0.25) is 0 Å². The van der Waals surface area contributed by atoms with Gasteiger partial charge in [-0.05, 0) is 85.0 Å². The van der Waals surface area contributed by atoms with Crippen molar-refractivity contribution in [1.29, 1.82) is 0 Å². The number of piperazine rings is 1. The van der Waals surface area contributed by atoms with Crippen LogP contribution in [0.1, 0.15) is 56.4 Å². The average molecular weight is 644 g/mol. The summed E-state index contributed by atoms with van der Waals surface area (Å²) in [5.74, 6) is -1.14. The maximum Gasteiger partial charge on any atom is 0.319 e. The zero-order valence-corrected chi connectivity index (χ0v) is 25.9. The third-order valence-corrected chi connectivity index (χ3v) is 11.7. The molecule has 10 rings (SSSR count). The number of ether oxygens (including phenoxy) is 2. The first-order valence-electron chi connectivity index (χ1n) is 17.0. The van der Waals surface area contributed by atoms with E-state index in [0.717, 1.165) is 56.0 Å². The van der Waals surface area contributed by atoms with Gasteiger partial charge in [0.2, 0.25) is 0 Å². The Morgan fingerprint density at radius 2 is 1.96 bits per heavy atom. The SMILES string of the molecule is Oc1cc(-c2c(F)c3c4c(nc(OC[C@@]56CCCN5C[C@H](F)C6)nc4c2F)N2CC4CCC(N4)C2CO3)c2c(C3CC3)cccc2c1. The van der Waals surface area contributed by atoms with Crippen LogP contribution in [0.3, 0.4) is 0 Å². The standard InChI is InChI=1S/C36H36F3N5O3/c37-20-13-36(9-2-10-43(36)14-20)17-47-35-41-32-29-33(46-16-26-25-8-7-21(40-25)15-44(26)34(29)42-35)31(39)28(30(32)38)24-12-22(45)11-19-3-1-4-23(27(19)24)18-5-6-18/h1,3-4,11-12,18,20-21,25-26,40,45H,2,5-10,13-17H2/t20-,21?,25?,26?,36+/m1/s1. The van der Waals surface area contributed by atoms with E-state index in [9.17, 15) is 9.50 Å². The minimum Gasteiger partial charge on any atom is -0.508 e. The van der Waals surface area contributed by atoms with Crippen LogP contribution in [0.25, 0.3) is 32.8 Å². The highest BCUT2D eigenvalue weighted by atomic mass is 19.1. The predicted molar refractivity (Wildman–Crippen MR) is 171 cm³/mol. The molecule has 4 saturated heterocycles. The van der Waals surface area contributed by atoms with Crippen LogP contribution in [0.5, 0.6) is 17.5 Å². The van der Waals surface area contributed by atoms with Crippen molar-refractivity contribution < 1.29 is 27.8 Å². The van der Waals surface area contributed by atoms with E-state index in [1.807, 2.05) is 18.2 Å². The lowest BCUT2D eigenvalue weighted by Crippen LogP contribution is -2.60. The maximum absolute atomic E-state index is 17.2. The van der Waals surface area contributed by atoms with Gasteiger partial charge in [0.1, 0.15) is 36.5 Å². The molecule has 2 N–H and O–H groups in total. The van der Waals surface area contributed by atoms with Crippen LogP contribution in [-0.2, 0) is 0 Å². The van der Waals surface area contributed by atoms with Crippen molar-refractivity contribution in [3.8, 4) is 28.6 Å². The second kappa shape index (κ2) is 10.1. The second-order valence-corrected chi connectivity index (χ2v) is 14.5. The molecule has 1 aliphatic carbocycles. The maximum atomic E-state index is 17.2. The second-order valence-electron chi connectivity index (χ2n) is 14.5. The fourth-order valence-electron chi connectivity index (χ4n) is 9.41. The molecule has 47 heavy (non-hydrogen) atoms. The number of fused-ring (bicyclic) bond motifs is 7. The van der Waals surface area contributed by atoms with Crippen LogP contribution >= 0.6 is 0 Å². The Morgan fingerprint density at radius 1 is 1.06 bits per heavy atom. The van der Waals surface area contributed by atoms with E-state index in [2.05, 4.69) is 20.1 Å². The van der Waals surface area contributed by atoms with Gasteiger partial charge in [-0.3, -0.25) is 4.90 Å².